The van der Waals surface area contributed by atoms with Crippen molar-refractivity contribution in [3.63, 3.8) is 0 Å². The molecule has 5 rings (SSSR count). The quantitative estimate of drug-likeness (QED) is 0.613. The second-order valence-electron chi connectivity index (χ2n) is 8.73. The lowest BCUT2D eigenvalue weighted by Gasteiger charge is -2.24. The number of methoxy groups -OCH3 is 1. The second-order valence-corrected chi connectivity index (χ2v) is 8.73. The predicted octanol–water partition coefficient (Wildman–Crippen LogP) is 3.70. The molecule has 3 aromatic rings. The van der Waals surface area contributed by atoms with Crippen LogP contribution >= 0.6 is 0 Å². The van der Waals surface area contributed by atoms with Gasteiger partial charge in [0.25, 0.3) is 0 Å². The SMILES string of the molecule is COCc1nc(-c2cn3c(n2)-c2ccc(C4=CCN(C(=O)O)CC4)cc2OCC3)n(C(C)C)n1. The van der Waals surface area contributed by atoms with Crippen molar-refractivity contribution in [1.29, 1.82) is 0 Å². The van der Waals surface area contributed by atoms with E-state index < -0.39 is 6.09 Å². The molecule has 2 aliphatic heterocycles. The number of hydrogen-bond donors (Lipinski definition) is 1. The standard InChI is InChI=1S/C24H28N6O4/c1-15(2)30-23(26-21(27-30)14-33-3)19-13-29-10-11-34-20-12-17(4-5-18(20)22(29)25-19)16-6-8-28(9-7-16)24(31)32/h4-6,12-13,15H,7-11,14H2,1-3H3,(H,31,32). The van der Waals surface area contributed by atoms with Crippen LogP contribution < -0.4 is 4.74 Å². The summed E-state index contributed by atoms with van der Waals surface area (Å²) in [7, 11) is 1.63. The molecule has 0 radical (unpaired) electrons. The van der Waals surface area contributed by atoms with Crippen LogP contribution in [0, 0.1) is 0 Å². The van der Waals surface area contributed by atoms with E-state index in [4.69, 9.17) is 14.5 Å². The minimum atomic E-state index is -0.883. The second kappa shape index (κ2) is 8.94. The lowest BCUT2D eigenvalue weighted by molar-refractivity contribution is 0.150. The van der Waals surface area contributed by atoms with Gasteiger partial charge < -0.3 is 24.0 Å². The highest BCUT2D eigenvalue weighted by Crippen LogP contribution is 2.37. The number of amides is 1. The third-order valence-electron chi connectivity index (χ3n) is 6.11. The van der Waals surface area contributed by atoms with E-state index in [-0.39, 0.29) is 6.04 Å². The van der Waals surface area contributed by atoms with Crippen LogP contribution in [0.25, 0.3) is 28.5 Å². The number of carbonyl (C=O) groups is 1. The van der Waals surface area contributed by atoms with Gasteiger partial charge >= 0.3 is 6.09 Å². The van der Waals surface area contributed by atoms with Gasteiger partial charge in [-0.1, -0.05) is 12.1 Å². The zero-order valence-corrected chi connectivity index (χ0v) is 19.6. The van der Waals surface area contributed by atoms with E-state index in [1.807, 2.05) is 29.1 Å². The van der Waals surface area contributed by atoms with Gasteiger partial charge in [-0.25, -0.2) is 19.4 Å². The van der Waals surface area contributed by atoms with Gasteiger partial charge in [0, 0.05) is 32.4 Å². The van der Waals surface area contributed by atoms with Crippen molar-refractivity contribution >= 4 is 11.7 Å². The van der Waals surface area contributed by atoms with Crippen LogP contribution in [-0.2, 0) is 17.9 Å². The van der Waals surface area contributed by atoms with Gasteiger partial charge in [-0.3, -0.25) is 0 Å². The van der Waals surface area contributed by atoms with Crippen LogP contribution in [0.3, 0.4) is 0 Å². The van der Waals surface area contributed by atoms with Gasteiger partial charge in [0.05, 0.1) is 12.1 Å². The summed E-state index contributed by atoms with van der Waals surface area (Å²) in [6.07, 6.45) is 3.78. The Morgan fingerprint density at radius 3 is 2.79 bits per heavy atom. The molecule has 1 N–H and O–H groups in total. The highest BCUT2D eigenvalue weighted by Gasteiger charge is 2.24. The Morgan fingerprint density at radius 1 is 1.24 bits per heavy atom. The van der Waals surface area contributed by atoms with E-state index in [1.54, 1.807) is 7.11 Å². The molecule has 1 amide bonds. The van der Waals surface area contributed by atoms with Gasteiger partial charge in [-0.05, 0) is 43.5 Å². The third-order valence-corrected chi connectivity index (χ3v) is 6.11. The van der Waals surface area contributed by atoms with Crippen LogP contribution in [0.2, 0.25) is 0 Å². The maximum absolute atomic E-state index is 11.2. The smallest absolute Gasteiger partial charge is 0.407 e. The molecular weight excluding hydrogens is 436 g/mol. The number of aromatic nitrogens is 5. The first-order chi connectivity index (χ1) is 16.4. The predicted molar refractivity (Wildman–Crippen MR) is 125 cm³/mol. The first-order valence-corrected chi connectivity index (χ1v) is 11.4. The Balaban J connectivity index is 1.49. The fraction of sp³-hybridized carbons (Fsp3) is 0.417. The lowest BCUT2D eigenvalue weighted by atomic mass is 9.98. The summed E-state index contributed by atoms with van der Waals surface area (Å²) in [5.74, 6) is 2.96. The Hall–Kier alpha value is -3.66. The summed E-state index contributed by atoms with van der Waals surface area (Å²) >= 11 is 0. The average Bonchev–Trinajstić information content (AvgIpc) is 3.40. The van der Waals surface area contributed by atoms with E-state index in [2.05, 4.69) is 34.6 Å². The highest BCUT2D eigenvalue weighted by atomic mass is 16.5. The number of rotatable bonds is 5. The van der Waals surface area contributed by atoms with Crippen LogP contribution in [0.5, 0.6) is 5.75 Å². The molecule has 10 heteroatoms. The van der Waals surface area contributed by atoms with Crippen molar-refractivity contribution in [2.45, 2.75) is 39.5 Å². The van der Waals surface area contributed by atoms with Crippen LogP contribution in [0.1, 0.15) is 37.7 Å². The summed E-state index contributed by atoms with van der Waals surface area (Å²) in [5, 5.41) is 13.8. The van der Waals surface area contributed by atoms with Crippen molar-refractivity contribution in [3.8, 4) is 28.7 Å². The maximum atomic E-state index is 11.2. The van der Waals surface area contributed by atoms with Crippen molar-refractivity contribution in [1.82, 2.24) is 29.2 Å². The van der Waals surface area contributed by atoms with Gasteiger partial charge in [0.15, 0.2) is 11.6 Å². The molecule has 4 heterocycles. The van der Waals surface area contributed by atoms with Crippen LogP contribution in [0.15, 0.2) is 30.5 Å². The van der Waals surface area contributed by atoms with Crippen LogP contribution in [0.4, 0.5) is 4.79 Å². The molecular formula is C24H28N6O4. The van der Waals surface area contributed by atoms with Crippen molar-refractivity contribution in [2.24, 2.45) is 0 Å². The molecule has 1 aromatic carbocycles. The van der Waals surface area contributed by atoms with E-state index >= 15 is 0 Å². The fourth-order valence-electron chi connectivity index (χ4n) is 4.39. The van der Waals surface area contributed by atoms with Gasteiger partial charge in [-0.2, -0.15) is 5.10 Å². The molecule has 0 unspecified atom stereocenters. The molecule has 0 aliphatic carbocycles. The highest BCUT2D eigenvalue weighted by molar-refractivity contribution is 5.76. The van der Waals surface area contributed by atoms with E-state index in [1.165, 1.54) is 4.90 Å². The topological polar surface area (TPSA) is 108 Å². The fourth-order valence-corrected chi connectivity index (χ4v) is 4.39. The van der Waals surface area contributed by atoms with Gasteiger partial charge in [0.2, 0.25) is 0 Å². The van der Waals surface area contributed by atoms with Crippen molar-refractivity contribution in [2.75, 3.05) is 26.8 Å². The minimum Gasteiger partial charge on any atom is -0.491 e. The number of hydrogen-bond acceptors (Lipinski definition) is 6. The summed E-state index contributed by atoms with van der Waals surface area (Å²) in [6, 6.07) is 6.26. The summed E-state index contributed by atoms with van der Waals surface area (Å²) in [5.41, 5.74) is 3.86. The molecule has 0 bridgehead atoms. The third kappa shape index (κ3) is 4.05. The molecule has 0 saturated carbocycles. The Bertz CT molecular complexity index is 1260. The first-order valence-electron chi connectivity index (χ1n) is 11.4. The van der Waals surface area contributed by atoms with Crippen molar-refractivity contribution in [3.05, 3.63) is 41.9 Å². The molecule has 2 aliphatic rings. The summed E-state index contributed by atoms with van der Waals surface area (Å²) in [4.78, 5) is 22.2. The van der Waals surface area contributed by atoms with E-state index in [0.717, 1.165) is 39.8 Å². The summed E-state index contributed by atoms with van der Waals surface area (Å²) < 4.78 is 15.3. The molecule has 0 spiro atoms. The minimum absolute atomic E-state index is 0.133. The number of nitrogens with zero attached hydrogens (tertiary/aromatic N) is 6. The number of benzene rings is 1. The zero-order chi connectivity index (χ0) is 23.8. The first kappa shape index (κ1) is 22.1. The molecule has 10 nitrogen and oxygen atoms in total. The Labute approximate surface area is 197 Å². The monoisotopic (exact) mass is 464 g/mol. The van der Waals surface area contributed by atoms with Crippen molar-refractivity contribution < 1.29 is 19.4 Å². The van der Waals surface area contributed by atoms with Crippen LogP contribution in [-0.4, -0.2) is 67.2 Å². The van der Waals surface area contributed by atoms with Gasteiger partial charge in [-0.15, -0.1) is 0 Å². The maximum Gasteiger partial charge on any atom is 0.407 e. The van der Waals surface area contributed by atoms with E-state index in [9.17, 15) is 9.90 Å². The normalized spacial score (nSPS) is 15.4. The Kier molecular flexibility index (Phi) is 5.82. The number of imidazole rings is 1. The Morgan fingerprint density at radius 2 is 2.09 bits per heavy atom. The molecule has 0 atom stereocenters. The molecule has 2 aromatic heterocycles. The zero-order valence-electron chi connectivity index (χ0n) is 19.6. The summed E-state index contributed by atoms with van der Waals surface area (Å²) in [6.45, 7) is 6.57. The number of ether oxygens (including phenoxy) is 2. The number of carboxylic acid groups (broad SMARTS) is 1. The van der Waals surface area contributed by atoms with Gasteiger partial charge in [0.1, 0.15) is 30.5 Å². The average molecular weight is 465 g/mol. The molecule has 34 heavy (non-hydrogen) atoms. The molecule has 0 saturated heterocycles. The van der Waals surface area contributed by atoms with E-state index in [0.29, 0.717) is 45.1 Å². The molecule has 0 fully saturated rings. The lowest BCUT2D eigenvalue weighted by Crippen LogP contribution is -2.33. The largest absolute Gasteiger partial charge is 0.491 e. The number of fused-ring (bicyclic) bond motifs is 3. The molecule has 178 valence electrons.